The van der Waals surface area contributed by atoms with Gasteiger partial charge in [0.15, 0.2) is 11.5 Å². The summed E-state index contributed by atoms with van der Waals surface area (Å²) in [6, 6.07) is 3.56. The monoisotopic (exact) mass is 270 g/mol. The SMILES string of the molecule is OC(c1cc(Cl)c2c(c1)OCCO2)C1CCOC1. The van der Waals surface area contributed by atoms with Crippen LogP contribution in [0.15, 0.2) is 12.1 Å². The number of rotatable bonds is 2. The lowest BCUT2D eigenvalue weighted by molar-refractivity contribution is 0.0910. The Labute approximate surface area is 110 Å². The molecule has 98 valence electrons. The van der Waals surface area contributed by atoms with E-state index in [2.05, 4.69) is 0 Å². The maximum atomic E-state index is 10.3. The van der Waals surface area contributed by atoms with Crippen molar-refractivity contribution in [3.63, 3.8) is 0 Å². The molecule has 2 aliphatic rings. The fourth-order valence-electron chi connectivity index (χ4n) is 2.38. The van der Waals surface area contributed by atoms with Crippen molar-refractivity contribution in [1.29, 1.82) is 0 Å². The van der Waals surface area contributed by atoms with E-state index in [9.17, 15) is 5.11 Å². The van der Waals surface area contributed by atoms with Gasteiger partial charge in [0.05, 0.1) is 17.7 Å². The first-order valence-electron chi connectivity index (χ1n) is 6.10. The van der Waals surface area contributed by atoms with Gasteiger partial charge >= 0.3 is 0 Å². The van der Waals surface area contributed by atoms with Crippen LogP contribution in [0.5, 0.6) is 11.5 Å². The van der Waals surface area contributed by atoms with Crippen LogP contribution in [0.1, 0.15) is 18.1 Å². The van der Waals surface area contributed by atoms with Gasteiger partial charge in [0, 0.05) is 12.5 Å². The molecule has 0 aliphatic carbocycles. The minimum Gasteiger partial charge on any atom is -0.486 e. The van der Waals surface area contributed by atoms with E-state index >= 15 is 0 Å². The van der Waals surface area contributed by atoms with Gasteiger partial charge in [-0.25, -0.2) is 0 Å². The van der Waals surface area contributed by atoms with E-state index in [1.807, 2.05) is 6.07 Å². The Balaban J connectivity index is 1.90. The Hall–Kier alpha value is -0.970. The maximum absolute atomic E-state index is 10.3. The number of ether oxygens (including phenoxy) is 3. The molecule has 1 aromatic carbocycles. The first-order chi connectivity index (χ1) is 8.75. The molecule has 1 fully saturated rings. The standard InChI is InChI=1S/C13H15ClO4/c14-10-5-9(12(15)8-1-2-16-7-8)6-11-13(10)18-4-3-17-11/h5-6,8,12,15H,1-4,7H2. The summed E-state index contributed by atoms with van der Waals surface area (Å²) < 4.78 is 16.3. The molecule has 1 N–H and O–H groups in total. The zero-order valence-corrected chi connectivity index (χ0v) is 10.7. The molecule has 2 aliphatic heterocycles. The van der Waals surface area contributed by atoms with Crippen LogP contribution in [0.25, 0.3) is 0 Å². The van der Waals surface area contributed by atoms with Crippen molar-refractivity contribution in [3.05, 3.63) is 22.7 Å². The van der Waals surface area contributed by atoms with Crippen LogP contribution in [0.3, 0.4) is 0 Å². The molecule has 1 saturated heterocycles. The number of benzene rings is 1. The van der Waals surface area contributed by atoms with Crippen molar-refractivity contribution in [1.82, 2.24) is 0 Å². The van der Waals surface area contributed by atoms with Crippen molar-refractivity contribution in [3.8, 4) is 11.5 Å². The van der Waals surface area contributed by atoms with Gasteiger partial charge in [-0.05, 0) is 24.1 Å². The highest BCUT2D eigenvalue weighted by atomic mass is 35.5. The average Bonchev–Trinajstić information content (AvgIpc) is 2.91. The highest BCUT2D eigenvalue weighted by Gasteiger charge is 2.27. The molecule has 0 amide bonds. The largest absolute Gasteiger partial charge is 0.486 e. The van der Waals surface area contributed by atoms with Gasteiger partial charge in [-0.3, -0.25) is 0 Å². The first kappa shape index (κ1) is 12.1. The van der Waals surface area contributed by atoms with Crippen molar-refractivity contribution in [2.75, 3.05) is 26.4 Å². The van der Waals surface area contributed by atoms with Crippen LogP contribution in [0.2, 0.25) is 5.02 Å². The first-order valence-corrected chi connectivity index (χ1v) is 6.48. The Morgan fingerprint density at radius 2 is 2.06 bits per heavy atom. The van der Waals surface area contributed by atoms with Crippen molar-refractivity contribution >= 4 is 11.6 Å². The Morgan fingerprint density at radius 1 is 1.22 bits per heavy atom. The molecule has 0 bridgehead atoms. The molecule has 0 spiro atoms. The van der Waals surface area contributed by atoms with Crippen LogP contribution in [-0.2, 0) is 4.74 Å². The predicted molar refractivity (Wildman–Crippen MR) is 66.3 cm³/mol. The van der Waals surface area contributed by atoms with E-state index in [1.165, 1.54) is 0 Å². The number of hydrogen-bond donors (Lipinski definition) is 1. The molecule has 2 atom stereocenters. The lowest BCUT2D eigenvalue weighted by Gasteiger charge is -2.23. The summed E-state index contributed by atoms with van der Waals surface area (Å²) in [6.45, 7) is 2.31. The second-order valence-electron chi connectivity index (χ2n) is 4.60. The molecule has 2 heterocycles. The number of aliphatic hydroxyl groups is 1. The van der Waals surface area contributed by atoms with Gasteiger partial charge < -0.3 is 19.3 Å². The summed E-state index contributed by atoms with van der Waals surface area (Å²) in [6.07, 6.45) is 0.300. The van der Waals surface area contributed by atoms with Crippen LogP contribution in [0.4, 0.5) is 0 Å². The smallest absolute Gasteiger partial charge is 0.179 e. The van der Waals surface area contributed by atoms with Gasteiger partial charge in [0.2, 0.25) is 0 Å². The van der Waals surface area contributed by atoms with E-state index < -0.39 is 6.10 Å². The molecule has 0 saturated carbocycles. The highest BCUT2D eigenvalue weighted by molar-refractivity contribution is 6.32. The maximum Gasteiger partial charge on any atom is 0.179 e. The highest BCUT2D eigenvalue weighted by Crippen LogP contribution is 2.41. The van der Waals surface area contributed by atoms with E-state index in [0.717, 1.165) is 12.0 Å². The minimum absolute atomic E-state index is 0.128. The van der Waals surface area contributed by atoms with Crippen LogP contribution >= 0.6 is 11.6 Å². The van der Waals surface area contributed by atoms with Crippen LogP contribution in [0, 0.1) is 5.92 Å². The molecule has 3 rings (SSSR count). The van der Waals surface area contributed by atoms with Gasteiger partial charge in [-0.1, -0.05) is 11.6 Å². The Kier molecular flexibility index (Phi) is 3.33. The normalized spacial score (nSPS) is 24.0. The average molecular weight is 271 g/mol. The van der Waals surface area contributed by atoms with Crippen molar-refractivity contribution < 1.29 is 19.3 Å². The minimum atomic E-state index is -0.569. The molecule has 1 aromatic rings. The summed E-state index contributed by atoms with van der Waals surface area (Å²) in [5, 5.41) is 10.8. The summed E-state index contributed by atoms with van der Waals surface area (Å²) in [7, 11) is 0. The van der Waals surface area contributed by atoms with Gasteiger partial charge in [-0.2, -0.15) is 0 Å². The third-order valence-electron chi connectivity index (χ3n) is 3.37. The number of halogens is 1. The second-order valence-corrected chi connectivity index (χ2v) is 5.00. The lowest BCUT2D eigenvalue weighted by Crippen LogP contribution is -2.17. The number of aliphatic hydroxyl groups excluding tert-OH is 1. The van der Waals surface area contributed by atoms with E-state index in [1.54, 1.807) is 6.07 Å². The molecule has 2 unspecified atom stereocenters. The fraction of sp³-hybridized carbons (Fsp3) is 0.538. The summed E-state index contributed by atoms with van der Waals surface area (Å²) in [5.74, 6) is 1.31. The van der Waals surface area contributed by atoms with Crippen LogP contribution < -0.4 is 9.47 Å². The third kappa shape index (κ3) is 2.16. The summed E-state index contributed by atoms with van der Waals surface area (Å²) in [4.78, 5) is 0. The fourth-order valence-corrected chi connectivity index (χ4v) is 2.65. The third-order valence-corrected chi connectivity index (χ3v) is 3.65. The Morgan fingerprint density at radius 3 is 2.83 bits per heavy atom. The van der Waals surface area contributed by atoms with E-state index in [0.29, 0.717) is 42.9 Å². The van der Waals surface area contributed by atoms with Crippen molar-refractivity contribution in [2.45, 2.75) is 12.5 Å². The van der Waals surface area contributed by atoms with E-state index in [-0.39, 0.29) is 5.92 Å². The van der Waals surface area contributed by atoms with E-state index in [4.69, 9.17) is 25.8 Å². The summed E-state index contributed by atoms with van der Waals surface area (Å²) >= 11 is 6.15. The second kappa shape index (κ2) is 4.96. The van der Waals surface area contributed by atoms with Gasteiger partial charge in [-0.15, -0.1) is 0 Å². The predicted octanol–water partition coefficient (Wildman–Crippen LogP) is 2.18. The van der Waals surface area contributed by atoms with Crippen molar-refractivity contribution in [2.24, 2.45) is 5.92 Å². The molecular weight excluding hydrogens is 256 g/mol. The topological polar surface area (TPSA) is 47.9 Å². The molecule has 4 nitrogen and oxygen atoms in total. The zero-order valence-electron chi connectivity index (χ0n) is 9.89. The van der Waals surface area contributed by atoms with Crippen LogP contribution in [-0.4, -0.2) is 31.5 Å². The number of hydrogen-bond acceptors (Lipinski definition) is 4. The molecular formula is C13H15ClO4. The summed E-state index contributed by atoms with van der Waals surface area (Å²) in [5.41, 5.74) is 0.764. The zero-order chi connectivity index (χ0) is 12.5. The molecule has 0 radical (unpaired) electrons. The number of fused-ring (bicyclic) bond motifs is 1. The molecule has 5 heteroatoms. The molecule has 18 heavy (non-hydrogen) atoms. The quantitative estimate of drug-likeness (QED) is 0.895. The lowest BCUT2D eigenvalue weighted by atomic mass is 9.95. The van der Waals surface area contributed by atoms with Gasteiger partial charge in [0.25, 0.3) is 0 Å². The molecule has 0 aromatic heterocycles. The Bertz CT molecular complexity index is 443. The van der Waals surface area contributed by atoms with Gasteiger partial charge in [0.1, 0.15) is 13.2 Å².